The van der Waals surface area contributed by atoms with Crippen molar-refractivity contribution in [3.8, 4) is 11.1 Å². The Hall–Kier alpha value is -3.15. The van der Waals surface area contributed by atoms with Gasteiger partial charge in [-0.1, -0.05) is 43.7 Å². The first-order chi connectivity index (χ1) is 13.6. The van der Waals surface area contributed by atoms with Crippen molar-refractivity contribution in [2.75, 3.05) is 13.2 Å². The van der Waals surface area contributed by atoms with Gasteiger partial charge in [0.25, 0.3) is 0 Å². The molecule has 0 fully saturated rings. The first-order valence-electron chi connectivity index (χ1n) is 9.56. The number of aryl methyl sites for hydroxylation is 1. The minimum absolute atomic E-state index is 0.211. The molecule has 6 heteroatoms. The third-order valence-corrected chi connectivity index (χ3v) is 4.45. The standard InChI is InChI=1S/C22H24N2O4/c1-4-10-17-18(21(25)27-5-2)19(22(26)28-6-3)20-16(13-14-23-24(17)20)15-11-8-7-9-12-15/h7-9,11-14H,4-6,10H2,1-3H3. The molecule has 28 heavy (non-hydrogen) atoms. The first-order valence-corrected chi connectivity index (χ1v) is 9.56. The van der Waals surface area contributed by atoms with E-state index in [4.69, 9.17) is 9.47 Å². The molecule has 0 atom stereocenters. The average molecular weight is 380 g/mol. The maximum Gasteiger partial charge on any atom is 0.341 e. The monoisotopic (exact) mass is 380 g/mol. The van der Waals surface area contributed by atoms with Crippen LogP contribution in [-0.2, 0) is 15.9 Å². The van der Waals surface area contributed by atoms with E-state index in [1.165, 1.54) is 0 Å². The number of rotatable bonds is 7. The lowest BCUT2D eigenvalue weighted by Gasteiger charge is -2.08. The zero-order valence-corrected chi connectivity index (χ0v) is 16.4. The SMILES string of the molecule is CCCc1c(C(=O)OCC)c(C(=O)OCC)c2c(-c3ccccc3)ccnn12. The molecule has 1 aromatic carbocycles. The second-order valence-corrected chi connectivity index (χ2v) is 6.26. The Morgan fingerprint density at radius 3 is 2.18 bits per heavy atom. The van der Waals surface area contributed by atoms with Crippen LogP contribution in [0, 0.1) is 0 Å². The normalized spacial score (nSPS) is 10.8. The molecule has 0 saturated carbocycles. The van der Waals surface area contributed by atoms with Gasteiger partial charge in [0.1, 0.15) is 5.56 Å². The van der Waals surface area contributed by atoms with Crippen LogP contribution in [0.15, 0.2) is 42.6 Å². The summed E-state index contributed by atoms with van der Waals surface area (Å²) < 4.78 is 12.3. The number of aromatic nitrogens is 2. The molecule has 146 valence electrons. The zero-order valence-electron chi connectivity index (χ0n) is 16.4. The third-order valence-electron chi connectivity index (χ3n) is 4.45. The van der Waals surface area contributed by atoms with Gasteiger partial charge in [0.2, 0.25) is 0 Å². The van der Waals surface area contributed by atoms with E-state index in [0.29, 0.717) is 17.6 Å². The summed E-state index contributed by atoms with van der Waals surface area (Å²) in [6, 6.07) is 11.6. The minimum atomic E-state index is -0.546. The molecule has 0 aliphatic heterocycles. The van der Waals surface area contributed by atoms with E-state index >= 15 is 0 Å². The number of nitrogens with zero attached hydrogens (tertiary/aromatic N) is 2. The lowest BCUT2D eigenvalue weighted by atomic mass is 10.0. The molecule has 2 heterocycles. The fraction of sp³-hybridized carbons (Fsp3) is 0.318. The topological polar surface area (TPSA) is 69.9 Å². The maximum atomic E-state index is 12.9. The van der Waals surface area contributed by atoms with Gasteiger partial charge >= 0.3 is 11.9 Å². The summed E-state index contributed by atoms with van der Waals surface area (Å²) in [7, 11) is 0. The number of fused-ring (bicyclic) bond motifs is 1. The van der Waals surface area contributed by atoms with Crippen LogP contribution in [0.3, 0.4) is 0 Å². The van der Waals surface area contributed by atoms with Gasteiger partial charge in [-0.2, -0.15) is 5.10 Å². The summed E-state index contributed by atoms with van der Waals surface area (Å²) in [4.78, 5) is 25.7. The first kappa shape index (κ1) is 19.6. The smallest absolute Gasteiger partial charge is 0.341 e. The van der Waals surface area contributed by atoms with Crippen molar-refractivity contribution in [1.29, 1.82) is 0 Å². The van der Waals surface area contributed by atoms with Crippen LogP contribution in [0.1, 0.15) is 53.6 Å². The van der Waals surface area contributed by atoms with Crippen LogP contribution in [-0.4, -0.2) is 34.8 Å². The molecule has 0 aliphatic rings. The number of carbonyl (C=O) groups is 2. The summed E-state index contributed by atoms with van der Waals surface area (Å²) in [6.07, 6.45) is 3.05. The highest BCUT2D eigenvalue weighted by Gasteiger charge is 2.31. The molecule has 0 unspecified atom stereocenters. The fourth-order valence-corrected chi connectivity index (χ4v) is 3.38. The van der Waals surface area contributed by atoms with E-state index in [1.54, 1.807) is 24.6 Å². The maximum absolute atomic E-state index is 12.9. The van der Waals surface area contributed by atoms with Gasteiger partial charge in [-0.15, -0.1) is 0 Å². The molecule has 0 spiro atoms. The van der Waals surface area contributed by atoms with E-state index in [0.717, 1.165) is 17.5 Å². The highest BCUT2D eigenvalue weighted by molar-refractivity contribution is 6.12. The Morgan fingerprint density at radius 1 is 0.929 bits per heavy atom. The second-order valence-electron chi connectivity index (χ2n) is 6.26. The highest BCUT2D eigenvalue weighted by atomic mass is 16.5. The Bertz CT molecular complexity index is 993. The van der Waals surface area contributed by atoms with Crippen LogP contribution in [0.4, 0.5) is 0 Å². The molecule has 0 aliphatic carbocycles. The van der Waals surface area contributed by atoms with Crippen molar-refractivity contribution in [2.24, 2.45) is 0 Å². The van der Waals surface area contributed by atoms with Gasteiger partial charge in [0, 0.05) is 11.8 Å². The number of hydrogen-bond acceptors (Lipinski definition) is 5. The summed E-state index contributed by atoms with van der Waals surface area (Å²) >= 11 is 0. The summed E-state index contributed by atoms with van der Waals surface area (Å²) in [5.41, 5.74) is 3.44. The van der Waals surface area contributed by atoms with Crippen LogP contribution >= 0.6 is 0 Å². The van der Waals surface area contributed by atoms with Gasteiger partial charge in [0.05, 0.1) is 30.0 Å². The van der Waals surface area contributed by atoms with E-state index in [2.05, 4.69) is 5.10 Å². The zero-order chi connectivity index (χ0) is 20.1. The summed E-state index contributed by atoms with van der Waals surface area (Å²) in [6.45, 7) is 5.92. The predicted octanol–water partition coefficient (Wildman–Crippen LogP) is 4.31. The number of hydrogen-bond donors (Lipinski definition) is 0. The Kier molecular flexibility index (Phi) is 6.09. The van der Waals surface area contributed by atoms with Crippen molar-refractivity contribution in [3.63, 3.8) is 0 Å². The second kappa shape index (κ2) is 8.69. The predicted molar refractivity (Wildman–Crippen MR) is 107 cm³/mol. The van der Waals surface area contributed by atoms with Crippen molar-refractivity contribution < 1.29 is 19.1 Å². The van der Waals surface area contributed by atoms with Gasteiger partial charge in [-0.25, -0.2) is 14.1 Å². The van der Waals surface area contributed by atoms with Gasteiger partial charge in [-0.3, -0.25) is 0 Å². The van der Waals surface area contributed by atoms with E-state index in [-0.39, 0.29) is 24.3 Å². The number of esters is 2. The van der Waals surface area contributed by atoms with Gasteiger partial charge in [0.15, 0.2) is 0 Å². The third kappa shape index (κ3) is 3.50. The Morgan fingerprint density at radius 2 is 1.57 bits per heavy atom. The molecule has 2 aromatic heterocycles. The number of carbonyl (C=O) groups excluding carboxylic acids is 2. The molecule has 0 amide bonds. The Labute approximate surface area is 164 Å². The molecule has 0 radical (unpaired) electrons. The Balaban J connectivity index is 2.41. The van der Waals surface area contributed by atoms with Crippen LogP contribution in [0.25, 0.3) is 16.6 Å². The van der Waals surface area contributed by atoms with E-state index in [9.17, 15) is 9.59 Å². The summed E-state index contributed by atoms with van der Waals surface area (Å²) in [5.74, 6) is -1.07. The highest BCUT2D eigenvalue weighted by Crippen LogP contribution is 2.33. The number of ether oxygens (including phenoxy) is 2. The molecule has 0 bridgehead atoms. The lowest BCUT2D eigenvalue weighted by molar-refractivity contribution is 0.0480. The largest absolute Gasteiger partial charge is 0.462 e. The van der Waals surface area contributed by atoms with Crippen LogP contribution < -0.4 is 0 Å². The lowest BCUT2D eigenvalue weighted by Crippen LogP contribution is -2.14. The molecule has 3 aromatic rings. The van der Waals surface area contributed by atoms with Crippen LogP contribution in [0.2, 0.25) is 0 Å². The van der Waals surface area contributed by atoms with Gasteiger partial charge in [-0.05, 0) is 31.9 Å². The molecule has 0 saturated heterocycles. The average Bonchev–Trinajstić information content (AvgIpc) is 3.04. The molecular formula is C22H24N2O4. The fourth-order valence-electron chi connectivity index (χ4n) is 3.38. The molecule has 6 nitrogen and oxygen atoms in total. The summed E-state index contributed by atoms with van der Waals surface area (Å²) in [5, 5.41) is 4.45. The van der Waals surface area contributed by atoms with Gasteiger partial charge < -0.3 is 9.47 Å². The van der Waals surface area contributed by atoms with Crippen molar-refractivity contribution in [3.05, 3.63) is 59.4 Å². The van der Waals surface area contributed by atoms with E-state index < -0.39 is 11.9 Å². The quantitative estimate of drug-likeness (QED) is 0.571. The molecule has 3 rings (SSSR count). The molecular weight excluding hydrogens is 356 g/mol. The molecule has 0 N–H and O–H groups in total. The van der Waals surface area contributed by atoms with Crippen molar-refractivity contribution >= 4 is 17.5 Å². The van der Waals surface area contributed by atoms with Crippen molar-refractivity contribution in [2.45, 2.75) is 33.6 Å². The minimum Gasteiger partial charge on any atom is -0.462 e. The van der Waals surface area contributed by atoms with Crippen molar-refractivity contribution in [1.82, 2.24) is 9.61 Å². The number of benzene rings is 1. The van der Waals surface area contributed by atoms with E-state index in [1.807, 2.05) is 43.3 Å². The van der Waals surface area contributed by atoms with Crippen LogP contribution in [0.5, 0.6) is 0 Å².